The van der Waals surface area contributed by atoms with Crippen LogP contribution in [0.2, 0.25) is 0 Å². The lowest BCUT2D eigenvalue weighted by Gasteiger charge is -2.14. The zero-order valence-corrected chi connectivity index (χ0v) is 10.8. The van der Waals surface area contributed by atoms with E-state index in [1.165, 1.54) is 5.56 Å². The van der Waals surface area contributed by atoms with Crippen molar-refractivity contribution in [2.45, 2.75) is 20.3 Å². The van der Waals surface area contributed by atoms with Crippen LogP contribution in [0.5, 0.6) is 0 Å². The topological polar surface area (TPSA) is 27.7 Å². The molecule has 0 spiro atoms. The number of benzene rings is 1. The normalized spacial score (nSPS) is 10.9. The van der Waals surface area contributed by atoms with Crippen molar-refractivity contribution in [2.24, 2.45) is 0 Å². The first kappa shape index (κ1) is 13.6. The highest BCUT2D eigenvalue weighted by atomic mass is 31.2. The van der Waals surface area contributed by atoms with Crippen LogP contribution in [-0.2, 0) is 20.0 Å². The average Bonchev–Trinajstić information content (AvgIpc) is 2.31. The fourth-order valence-electron chi connectivity index (χ4n) is 1.21. The van der Waals surface area contributed by atoms with Crippen molar-refractivity contribution in [3.05, 3.63) is 35.9 Å². The lowest BCUT2D eigenvalue weighted by Crippen LogP contribution is -1.99. The average molecular weight is 242 g/mol. The molecule has 1 aromatic carbocycles. The van der Waals surface area contributed by atoms with Crippen molar-refractivity contribution in [3.8, 4) is 0 Å². The van der Waals surface area contributed by atoms with Crippen LogP contribution < -0.4 is 0 Å². The maximum absolute atomic E-state index is 5.55. The molecule has 0 heterocycles. The van der Waals surface area contributed by atoms with Gasteiger partial charge >= 0.3 is 8.60 Å². The first-order valence-electron chi connectivity index (χ1n) is 5.59. The van der Waals surface area contributed by atoms with Gasteiger partial charge in [0.2, 0.25) is 0 Å². The summed E-state index contributed by atoms with van der Waals surface area (Å²) in [4.78, 5) is 0. The Bertz CT molecular complexity index is 260. The van der Waals surface area contributed by atoms with Crippen LogP contribution in [0, 0.1) is 0 Å². The van der Waals surface area contributed by atoms with E-state index >= 15 is 0 Å². The molecule has 90 valence electrons. The van der Waals surface area contributed by atoms with Gasteiger partial charge in [0.1, 0.15) is 0 Å². The van der Waals surface area contributed by atoms with E-state index in [1.54, 1.807) is 0 Å². The first-order chi connectivity index (χ1) is 7.86. The number of hydrogen-bond acceptors (Lipinski definition) is 3. The lowest BCUT2D eigenvalue weighted by molar-refractivity contribution is 0.172. The SMILES string of the molecule is CCOP(OCC)OCCc1ccccc1. The zero-order valence-electron chi connectivity index (χ0n) is 9.89. The van der Waals surface area contributed by atoms with Gasteiger partial charge in [-0.05, 0) is 25.8 Å². The van der Waals surface area contributed by atoms with Crippen LogP contribution >= 0.6 is 8.60 Å². The van der Waals surface area contributed by atoms with Crippen LogP contribution in [0.25, 0.3) is 0 Å². The minimum atomic E-state index is -1.16. The van der Waals surface area contributed by atoms with E-state index in [1.807, 2.05) is 32.0 Å². The highest BCUT2D eigenvalue weighted by Crippen LogP contribution is 2.39. The molecule has 0 atom stereocenters. The Morgan fingerprint density at radius 2 is 1.56 bits per heavy atom. The van der Waals surface area contributed by atoms with Gasteiger partial charge in [0.15, 0.2) is 0 Å². The molecule has 16 heavy (non-hydrogen) atoms. The number of hydrogen-bond donors (Lipinski definition) is 0. The lowest BCUT2D eigenvalue weighted by atomic mass is 10.2. The van der Waals surface area contributed by atoms with E-state index in [0.29, 0.717) is 19.8 Å². The Morgan fingerprint density at radius 1 is 0.938 bits per heavy atom. The van der Waals surface area contributed by atoms with Crippen molar-refractivity contribution in [3.63, 3.8) is 0 Å². The van der Waals surface area contributed by atoms with Gasteiger partial charge in [0.05, 0.1) is 19.8 Å². The molecule has 0 N–H and O–H groups in total. The molecule has 4 heteroatoms. The molecular weight excluding hydrogens is 223 g/mol. The molecule has 1 aromatic rings. The summed E-state index contributed by atoms with van der Waals surface area (Å²) in [5.74, 6) is 0. The second-order valence-corrected chi connectivity index (χ2v) is 4.35. The van der Waals surface area contributed by atoms with E-state index in [4.69, 9.17) is 13.6 Å². The predicted molar refractivity (Wildman–Crippen MR) is 66.3 cm³/mol. The molecule has 0 radical (unpaired) electrons. The van der Waals surface area contributed by atoms with Crippen LogP contribution in [0.3, 0.4) is 0 Å². The number of rotatable bonds is 8. The minimum Gasteiger partial charge on any atom is -0.313 e. The molecule has 0 amide bonds. The second kappa shape index (κ2) is 8.66. The highest BCUT2D eigenvalue weighted by Gasteiger charge is 2.09. The monoisotopic (exact) mass is 242 g/mol. The minimum absolute atomic E-state index is 0.622. The Morgan fingerprint density at radius 3 is 2.12 bits per heavy atom. The van der Waals surface area contributed by atoms with Crippen molar-refractivity contribution in [2.75, 3.05) is 19.8 Å². The summed E-state index contributed by atoms with van der Waals surface area (Å²) < 4.78 is 16.2. The third kappa shape index (κ3) is 5.57. The first-order valence-corrected chi connectivity index (χ1v) is 6.69. The Labute approximate surface area is 98.7 Å². The Balaban J connectivity index is 2.22. The summed E-state index contributed by atoms with van der Waals surface area (Å²) in [5.41, 5.74) is 1.27. The van der Waals surface area contributed by atoms with Crippen molar-refractivity contribution >= 4 is 8.60 Å². The molecule has 0 aliphatic rings. The van der Waals surface area contributed by atoms with Gasteiger partial charge in [-0.1, -0.05) is 30.3 Å². The Hall–Kier alpha value is -0.470. The van der Waals surface area contributed by atoms with Crippen molar-refractivity contribution in [1.29, 1.82) is 0 Å². The molecule has 0 unspecified atom stereocenters. The summed E-state index contributed by atoms with van der Waals surface area (Å²) in [6, 6.07) is 10.3. The van der Waals surface area contributed by atoms with Gasteiger partial charge in [-0.3, -0.25) is 0 Å². The van der Waals surface area contributed by atoms with Crippen LogP contribution in [0.15, 0.2) is 30.3 Å². The smallest absolute Gasteiger partial charge is 0.313 e. The van der Waals surface area contributed by atoms with E-state index in [-0.39, 0.29) is 0 Å². The van der Waals surface area contributed by atoms with E-state index in [0.717, 1.165) is 6.42 Å². The molecule has 0 saturated heterocycles. The molecular formula is C12H19O3P. The Kier molecular flexibility index (Phi) is 7.35. The summed E-state index contributed by atoms with van der Waals surface area (Å²) in [6.07, 6.45) is 0.889. The van der Waals surface area contributed by atoms with E-state index in [2.05, 4.69) is 12.1 Å². The van der Waals surface area contributed by atoms with E-state index in [9.17, 15) is 0 Å². The third-order valence-corrected chi connectivity index (χ3v) is 3.23. The van der Waals surface area contributed by atoms with Crippen molar-refractivity contribution < 1.29 is 13.6 Å². The van der Waals surface area contributed by atoms with Crippen LogP contribution in [0.4, 0.5) is 0 Å². The molecule has 0 aromatic heterocycles. The maximum Gasteiger partial charge on any atom is 0.332 e. The standard InChI is InChI=1S/C12H19O3P/c1-3-13-16(14-4-2)15-11-10-12-8-6-5-7-9-12/h5-9H,3-4,10-11H2,1-2H3. The highest BCUT2D eigenvalue weighted by molar-refractivity contribution is 7.41. The quantitative estimate of drug-likeness (QED) is 0.652. The van der Waals surface area contributed by atoms with Crippen molar-refractivity contribution in [1.82, 2.24) is 0 Å². The second-order valence-electron chi connectivity index (χ2n) is 3.13. The predicted octanol–water partition coefficient (Wildman–Crippen LogP) is 3.55. The summed E-state index contributed by atoms with van der Waals surface area (Å²) in [5, 5.41) is 0. The van der Waals surface area contributed by atoms with Gasteiger partial charge in [0, 0.05) is 0 Å². The molecule has 0 fully saturated rings. The maximum atomic E-state index is 5.55. The molecule has 0 aliphatic heterocycles. The van der Waals surface area contributed by atoms with Gasteiger partial charge < -0.3 is 13.6 Å². The van der Waals surface area contributed by atoms with Crippen LogP contribution in [-0.4, -0.2) is 19.8 Å². The van der Waals surface area contributed by atoms with Gasteiger partial charge in [-0.15, -0.1) is 0 Å². The fraction of sp³-hybridized carbons (Fsp3) is 0.500. The van der Waals surface area contributed by atoms with Gasteiger partial charge in [-0.2, -0.15) is 0 Å². The van der Waals surface area contributed by atoms with Gasteiger partial charge in [-0.25, -0.2) is 0 Å². The summed E-state index contributed by atoms with van der Waals surface area (Å²) in [7, 11) is -1.16. The molecule has 0 aliphatic carbocycles. The molecule has 1 rings (SSSR count). The zero-order chi connectivity index (χ0) is 11.6. The molecule has 3 nitrogen and oxygen atoms in total. The van der Waals surface area contributed by atoms with Crippen LogP contribution in [0.1, 0.15) is 19.4 Å². The summed E-state index contributed by atoms with van der Waals surface area (Å²) in [6.45, 7) is 5.76. The summed E-state index contributed by atoms with van der Waals surface area (Å²) >= 11 is 0. The molecule has 0 saturated carbocycles. The molecule has 0 bridgehead atoms. The fourth-order valence-corrected chi connectivity index (χ4v) is 2.09. The van der Waals surface area contributed by atoms with Gasteiger partial charge in [0.25, 0.3) is 0 Å². The van der Waals surface area contributed by atoms with E-state index < -0.39 is 8.60 Å². The third-order valence-electron chi connectivity index (χ3n) is 1.90. The largest absolute Gasteiger partial charge is 0.332 e.